The Hall–Kier alpha value is -1.71. The maximum absolute atomic E-state index is 11.8. The molecule has 0 saturated heterocycles. The molecule has 0 saturated carbocycles. The summed E-state index contributed by atoms with van der Waals surface area (Å²) in [5, 5.41) is 6.99. The largest absolute Gasteiger partial charge is 0.383 e. The molecule has 1 amide bonds. The molecule has 0 atom stereocenters. The van der Waals surface area contributed by atoms with Crippen LogP contribution < -0.4 is 10.6 Å². The van der Waals surface area contributed by atoms with Gasteiger partial charge in [-0.05, 0) is 24.6 Å². The van der Waals surface area contributed by atoms with Crippen LogP contribution in [0.2, 0.25) is 10.0 Å². The summed E-state index contributed by atoms with van der Waals surface area (Å²) in [5.41, 5.74) is 3.02. The van der Waals surface area contributed by atoms with E-state index < -0.39 is 0 Å². The van der Waals surface area contributed by atoms with Gasteiger partial charge in [-0.1, -0.05) is 59.1 Å². The smallest absolute Gasteiger partial charge is 0.222 e. The molecule has 0 unspecified atom stereocenters. The van der Waals surface area contributed by atoms with Crippen molar-refractivity contribution < 1.29 is 4.79 Å². The number of carbonyl (C=O) groups is 1. The summed E-state index contributed by atoms with van der Waals surface area (Å²) in [7, 11) is 0. The van der Waals surface area contributed by atoms with Crippen LogP contribution in [0.1, 0.15) is 17.5 Å². The van der Waals surface area contributed by atoms with Gasteiger partial charge in [-0.25, -0.2) is 0 Å². The molecule has 0 aliphatic carbocycles. The average molecular weight is 337 g/mol. The second-order valence-corrected chi connectivity index (χ2v) is 5.83. The summed E-state index contributed by atoms with van der Waals surface area (Å²) < 4.78 is 0. The molecule has 0 heterocycles. The third-order valence-corrected chi connectivity index (χ3v) is 4.01. The molecule has 2 aromatic carbocycles. The molecule has 0 fully saturated rings. The molecular weight excluding hydrogens is 319 g/mol. The first kappa shape index (κ1) is 16.7. The van der Waals surface area contributed by atoms with E-state index in [4.69, 9.17) is 23.2 Å². The molecular formula is C17H18Cl2N2O. The van der Waals surface area contributed by atoms with Crippen molar-refractivity contribution in [1.29, 1.82) is 0 Å². The first-order chi connectivity index (χ1) is 10.6. The van der Waals surface area contributed by atoms with Gasteiger partial charge in [-0.15, -0.1) is 0 Å². The van der Waals surface area contributed by atoms with Crippen LogP contribution in [-0.2, 0) is 11.3 Å². The summed E-state index contributed by atoms with van der Waals surface area (Å²) in [4.78, 5) is 11.8. The Morgan fingerprint density at radius 1 is 1.14 bits per heavy atom. The van der Waals surface area contributed by atoms with Gasteiger partial charge in [0.2, 0.25) is 5.91 Å². The number of anilines is 1. The van der Waals surface area contributed by atoms with Crippen LogP contribution in [0.15, 0.2) is 42.5 Å². The lowest BCUT2D eigenvalue weighted by Crippen LogP contribution is -2.24. The van der Waals surface area contributed by atoms with Crippen LogP contribution in [0.3, 0.4) is 0 Å². The van der Waals surface area contributed by atoms with Crippen LogP contribution in [0.5, 0.6) is 0 Å². The SMILES string of the molecule is Cc1cccc(CNC(=O)CCNc2cccc(Cl)c2Cl)c1. The number of halogens is 2. The molecule has 0 aliphatic rings. The van der Waals surface area contributed by atoms with E-state index in [-0.39, 0.29) is 5.91 Å². The van der Waals surface area contributed by atoms with Crippen molar-refractivity contribution >= 4 is 34.8 Å². The van der Waals surface area contributed by atoms with E-state index >= 15 is 0 Å². The fourth-order valence-corrected chi connectivity index (χ4v) is 2.43. The van der Waals surface area contributed by atoms with Crippen LogP contribution >= 0.6 is 23.2 Å². The lowest BCUT2D eigenvalue weighted by atomic mass is 10.1. The summed E-state index contributed by atoms with van der Waals surface area (Å²) in [6, 6.07) is 13.4. The summed E-state index contributed by atoms with van der Waals surface area (Å²) in [6.07, 6.45) is 0.370. The van der Waals surface area contributed by atoms with E-state index in [0.717, 1.165) is 11.3 Å². The third-order valence-electron chi connectivity index (χ3n) is 3.19. The molecule has 5 heteroatoms. The van der Waals surface area contributed by atoms with Gasteiger partial charge in [-0.2, -0.15) is 0 Å². The Kier molecular flexibility index (Phi) is 6.10. The fraction of sp³-hybridized carbons (Fsp3) is 0.235. The number of nitrogens with one attached hydrogen (secondary N) is 2. The molecule has 22 heavy (non-hydrogen) atoms. The van der Waals surface area contributed by atoms with Gasteiger partial charge >= 0.3 is 0 Å². The Bertz CT molecular complexity index is 659. The summed E-state index contributed by atoms with van der Waals surface area (Å²) >= 11 is 12.0. The second-order valence-electron chi connectivity index (χ2n) is 5.04. The molecule has 0 aliphatic heterocycles. The zero-order chi connectivity index (χ0) is 15.9. The van der Waals surface area contributed by atoms with Gasteiger partial charge in [0.1, 0.15) is 0 Å². The fourth-order valence-electron chi connectivity index (χ4n) is 2.06. The standard InChI is InChI=1S/C17H18Cl2N2O/c1-12-4-2-5-13(10-12)11-21-16(22)8-9-20-15-7-3-6-14(18)17(15)19/h2-7,10,20H,8-9,11H2,1H3,(H,21,22). The van der Waals surface area contributed by atoms with Gasteiger partial charge in [-0.3, -0.25) is 4.79 Å². The normalized spacial score (nSPS) is 10.3. The molecule has 116 valence electrons. The van der Waals surface area contributed by atoms with E-state index in [1.54, 1.807) is 6.07 Å². The molecule has 0 bridgehead atoms. The van der Waals surface area contributed by atoms with Gasteiger partial charge < -0.3 is 10.6 Å². The van der Waals surface area contributed by atoms with Gasteiger partial charge in [0.25, 0.3) is 0 Å². The van der Waals surface area contributed by atoms with E-state index in [9.17, 15) is 4.79 Å². The Labute approximate surface area is 140 Å². The quantitative estimate of drug-likeness (QED) is 0.819. The molecule has 0 radical (unpaired) electrons. The minimum atomic E-state index is -0.00726. The van der Waals surface area contributed by atoms with E-state index in [1.165, 1.54) is 5.56 Å². The number of amides is 1. The topological polar surface area (TPSA) is 41.1 Å². The first-order valence-electron chi connectivity index (χ1n) is 7.06. The third kappa shape index (κ3) is 4.93. The summed E-state index contributed by atoms with van der Waals surface area (Å²) in [5.74, 6) is -0.00726. The molecule has 3 nitrogen and oxygen atoms in total. The number of hydrogen-bond donors (Lipinski definition) is 2. The van der Waals surface area contributed by atoms with Crippen LogP contribution in [0.4, 0.5) is 5.69 Å². The highest BCUT2D eigenvalue weighted by atomic mass is 35.5. The van der Waals surface area contributed by atoms with Crippen LogP contribution in [-0.4, -0.2) is 12.5 Å². The highest BCUT2D eigenvalue weighted by Crippen LogP contribution is 2.29. The number of carbonyl (C=O) groups excluding carboxylic acids is 1. The van der Waals surface area contributed by atoms with Crippen molar-refractivity contribution in [2.75, 3.05) is 11.9 Å². The van der Waals surface area contributed by atoms with Crippen molar-refractivity contribution in [3.8, 4) is 0 Å². The van der Waals surface area contributed by atoms with Crippen molar-refractivity contribution in [2.24, 2.45) is 0 Å². The minimum Gasteiger partial charge on any atom is -0.383 e. The number of benzene rings is 2. The predicted octanol–water partition coefficient (Wildman–Crippen LogP) is 4.42. The van der Waals surface area contributed by atoms with Crippen molar-refractivity contribution in [3.05, 3.63) is 63.6 Å². The predicted molar refractivity (Wildman–Crippen MR) is 92.6 cm³/mol. The first-order valence-corrected chi connectivity index (χ1v) is 7.82. The monoisotopic (exact) mass is 336 g/mol. The minimum absolute atomic E-state index is 0.00726. The average Bonchev–Trinajstić information content (AvgIpc) is 2.49. The number of aryl methyl sites for hydroxylation is 1. The van der Waals surface area contributed by atoms with Crippen molar-refractivity contribution in [3.63, 3.8) is 0 Å². The zero-order valence-corrected chi connectivity index (χ0v) is 13.8. The highest BCUT2D eigenvalue weighted by Gasteiger charge is 2.05. The maximum Gasteiger partial charge on any atom is 0.222 e. The molecule has 2 aromatic rings. The summed E-state index contributed by atoms with van der Waals surface area (Å²) in [6.45, 7) is 3.07. The Morgan fingerprint density at radius 2 is 1.91 bits per heavy atom. The number of rotatable bonds is 6. The van der Waals surface area contributed by atoms with Crippen LogP contribution in [0, 0.1) is 6.92 Å². The van der Waals surface area contributed by atoms with E-state index in [2.05, 4.69) is 16.7 Å². The van der Waals surface area contributed by atoms with Crippen molar-refractivity contribution in [2.45, 2.75) is 19.9 Å². The van der Waals surface area contributed by atoms with Gasteiger partial charge in [0.05, 0.1) is 15.7 Å². The van der Waals surface area contributed by atoms with E-state index in [0.29, 0.717) is 29.6 Å². The maximum atomic E-state index is 11.8. The molecule has 0 spiro atoms. The number of hydrogen-bond acceptors (Lipinski definition) is 2. The lowest BCUT2D eigenvalue weighted by Gasteiger charge is -2.10. The van der Waals surface area contributed by atoms with Crippen LogP contribution in [0.25, 0.3) is 0 Å². The Morgan fingerprint density at radius 3 is 2.68 bits per heavy atom. The zero-order valence-electron chi connectivity index (χ0n) is 12.3. The highest BCUT2D eigenvalue weighted by molar-refractivity contribution is 6.43. The second kappa shape index (κ2) is 8.06. The van der Waals surface area contributed by atoms with Crippen molar-refractivity contribution in [1.82, 2.24) is 5.32 Å². The molecule has 0 aromatic heterocycles. The molecule has 2 N–H and O–H groups in total. The van der Waals surface area contributed by atoms with Gasteiger partial charge in [0.15, 0.2) is 0 Å². The Balaban J connectivity index is 1.75. The molecule has 2 rings (SSSR count). The van der Waals surface area contributed by atoms with E-state index in [1.807, 2.05) is 37.3 Å². The van der Waals surface area contributed by atoms with Gasteiger partial charge in [0, 0.05) is 19.5 Å². The lowest BCUT2D eigenvalue weighted by molar-refractivity contribution is -0.121.